The first-order chi connectivity index (χ1) is 12.0. The van der Waals surface area contributed by atoms with Crippen LogP contribution in [-0.4, -0.2) is 32.0 Å². The Morgan fingerprint density at radius 2 is 2.00 bits per heavy atom. The molecule has 25 heavy (non-hydrogen) atoms. The Labute approximate surface area is 147 Å². The van der Waals surface area contributed by atoms with Crippen LogP contribution >= 0.6 is 11.6 Å². The van der Waals surface area contributed by atoms with E-state index in [9.17, 15) is 9.59 Å². The van der Waals surface area contributed by atoms with Crippen LogP contribution in [0.4, 0.5) is 5.69 Å². The van der Waals surface area contributed by atoms with Crippen LogP contribution in [0.25, 0.3) is 5.69 Å². The topological polar surface area (TPSA) is 116 Å². The number of nitrogens with one attached hydrogen (secondary N) is 1. The van der Waals surface area contributed by atoms with Gasteiger partial charge in [0, 0.05) is 11.3 Å². The van der Waals surface area contributed by atoms with Gasteiger partial charge in [0.05, 0.1) is 16.3 Å². The number of nitrogens with zero attached hydrogens (tertiary/aromatic N) is 4. The zero-order valence-corrected chi connectivity index (χ0v) is 13.9. The Morgan fingerprint density at radius 1 is 1.20 bits per heavy atom. The lowest BCUT2D eigenvalue weighted by molar-refractivity contribution is 0.0998. The van der Waals surface area contributed by atoms with Gasteiger partial charge in [-0.2, -0.15) is 0 Å². The number of aromatic nitrogens is 4. The highest BCUT2D eigenvalue weighted by Gasteiger charge is 2.12. The number of halogens is 1. The number of hydrogen-bond donors (Lipinski definition) is 2. The van der Waals surface area contributed by atoms with E-state index >= 15 is 0 Å². The third kappa shape index (κ3) is 3.48. The first-order valence-corrected chi connectivity index (χ1v) is 7.58. The second kappa shape index (κ2) is 6.70. The lowest BCUT2D eigenvalue weighted by atomic mass is 10.1. The summed E-state index contributed by atoms with van der Waals surface area (Å²) in [6.45, 7) is 1.85. The number of nitrogens with two attached hydrogens (primary N) is 1. The molecule has 1 aromatic heterocycles. The normalized spacial score (nSPS) is 10.5. The number of primary amides is 1. The number of carbonyl (C=O) groups excluding carboxylic acids is 2. The van der Waals surface area contributed by atoms with E-state index in [-0.39, 0.29) is 16.5 Å². The minimum Gasteiger partial charge on any atom is -0.366 e. The molecule has 0 radical (unpaired) electrons. The largest absolute Gasteiger partial charge is 0.366 e. The van der Waals surface area contributed by atoms with E-state index in [1.54, 1.807) is 24.3 Å². The Balaban J connectivity index is 1.81. The summed E-state index contributed by atoms with van der Waals surface area (Å²) in [5.41, 5.74) is 7.93. The van der Waals surface area contributed by atoms with E-state index in [0.717, 1.165) is 11.3 Å². The van der Waals surface area contributed by atoms with Gasteiger partial charge < -0.3 is 11.1 Å². The molecule has 3 rings (SSSR count). The molecule has 0 unspecified atom stereocenters. The average Bonchev–Trinajstić information content (AvgIpc) is 3.08. The van der Waals surface area contributed by atoms with Gasteiger partial charge in [0.2, 0.25) is 5.91 Å². The molecule has 0 fully saturated rings. The number of hydrogen-bond acceptors (Lipinski definition) is 5. The van der Waals surface area contributed by atoms with Crippen molar-refractivity contribution in [3.05, 3.63) is 64.4 Å². The van der Waals surface area contributed by atoms with Crippen LogP contribution in [0.5, 0.6) is 0 Å². The first kappa shape index (κ1) is 16.6. The molecular weight excluding hydrogens is 344 g/mol. The van der Waals surface area contributed by atoms with E-state index in [1.165, 1.54) is 23.1 Å². The van der Waals surface area contributed by atoms with Crippen molar-refractivity contribution < 1.29 is 9.59 Å². The Kier molecular flexibility index (Phi) is 4.44. The number of tetrazole rings is 1. The van der Waals surface area contributed by atoms with E-state index in [4.69, 9.17) is 17.3 Å². The van der Waals surface area contributed by atoms with Gasteiger partial charge in [0.15, 0.2) is 0 Å². The predicted molar refractivity (Wildman–Crippen MR) is 91.8 cm³/mol. The maximum atomic E-state index is 12.4. The van der Waals surface area contributed by atoms with Crippen LogP contribution in [0.2, 0.25) is 5.02 Å². The molecule has 126 valence electrons. The van der Waals surface area contributed by atoms with Gasteiger partial charge in [-0.15, -0.1) is 5.10 Å². The lowest BCUT2D eigenvalue weighted by Gasteiger charge is -2.09. The number of rotatable bonds is 4. The molecule has 9 heteroatoms. The molecule has 1 heterocycles. The van der Waals surface area contributed by atoms with E-state index in [1.807, 2.05) is 6.92 Å². The number of carbonyl (C=O) groups is 2. The van der Waals surface area contributed by atoms with Gasteiger partial charge in [-0.25, -0.2) is 4.68 Å². The molecule has 0 saturated heterocycles. The molecule has 2 aromatic carbocycles. The minimum absolute atomic E-state index is 0.176. The van der Waals surface area contributed by atoms with Crippen molar-refractivity contribution in [1.82, 2.24) is 20.2 Å². The van der Waals surface area contributed by atoms with Crippen molar-refractivity contribution in [3.8, 4) is 5.69 Å². The van der Waals surface area contributed by atoms with Crippen LogP contribution in [-0.2, 0) is 0 Å². The van der Waals surface area contributed by atoms with Gasteiger partial charge in [0.1, 0.15) is 6.33 Å². The summed E-state index contributed by atoms with van der Waals surface area (Å²) in [6.07, 6.45) is 1.48. The SMILES string of the molecule is Cc1cc(C(=O)Nc2ccc(C(N)=O)c(Cl)c2)ccc1-n1cnnn1. The Hall–Kier alpha value is -3.26. The molecule has 0 aliphatic rings. The number of benzene rings is 2. The highest BCUT2D eigenvalue weighted by atomic mass is 35.5. The summed E-state index contributed by atoms with van der Waals surface area (Å²) in [5.74, 6) is -0.939. The van der Waals surface area contributed by atoms with Gasteiger partial charge in [0.25, 0.3) is 5.91 Å². The predicted octanol–water partition coefficient (Wildman–Crippen LogP) is 1.98. The van der Waals surface area contributed by atoms with Crippen LogP contribution in [0.3, 0.4) is 0 Å². The summed E-state index contributed by atoms with van der Waals surface area (Å²) in [7, 11) is 0. The third-order valence-electron chi connectivity index (χ3n) is 3.55. The van der Waals surface area contributed by atoms with Crippen LogP contribution < -0.4 is 11.1 Å². The molecule has 0 bridgehead atoms. The first-order valence-electron chi connectivity index (χ1n) is 7.20. The van der Waals surface area contributed by atoms with Crippen molar-refractivity contribution >= 4 is 29.1 Å². The van der Waals surface area contributed by atoms with E-state index < -0.39 is 5.91 Å². The number of aryl methyl sites for hydroxylation is 1. The number of anilines is 1. The molecule has 0 spiro atoms. The molecule has 3 N–H and O–H groups in total. The van der Waals surface area contributed by atoms with Gasteiger partial charge in [-0.05, 0) is 59.3 Å². The fraction of sp³-hybridized carbons (Fsp3) is 0.0625. The zero-order valence-electron chi connectivity index (χ0n) is 13.1. The summed E-state index contributed by atoms with van der Waals surface area (Å²) < 4.78 is 1.51. The standard InChI is InChI=1S/C16H13ClN6O2/c1-9-6-10(2-5-14(9)23-8-19-21-22-23)16(25)20-11-3-4-12(15(18)24)13(17)7-11/h2-8H,1H3,(H2,18,24)(H,20,25). The van der Waals surface area contributed by atoms with Crippen molar-refractivity contribution in [2.24, 2.45) is 5.73 Å². The maximum absolute atomic E-state index is 12.4. The van der Waals surface area contributed by atoms with Gasteiger partial charge >= 0.3 is 0 Å². The average molecular weight is 357 g/mol. The van der Waals surface area contributed by atoms with Gasteiger partial charge in [-0.3, -0.25) is 9.59 Å². The monoisotopic (exact) mass is 356 g/mol. The molecule has 3 aromatic rings. The molecule has 8 nitrogen and oxygen atoms in total. The zero-order chi connectivity index (χ0) is 18.0. The van der Waals surface area contributed by atoms with Crippen LogP contribution in [0, 0.1) is 6.92 Å². The second-order valence-corrected chi connectivity index (χ2v) is 5.68. The van der Waals surface area contributed by atoms with Crippen molar-refractivity contribution in [3.63, 3.8) is 0 Å². The molecule has 0 saturated carbocycles. The van der Waals surface area contributed by atoms with Gasteiger partial charge in [-0.1, -0.05) is 11.6 Å². The summed E-state index contributed by atoms with van der Waals surface area (Å²) in [4.78, 5) is 23.6. The van der Waals surface area contributed by atoms with E-state index in [0.29, 0.717) is 11.3 Å². The summed E-state index contributed by atoms with van der Waals surface area (Å²) in [5, 5.41) is 13.9. The van der Waals surface area contributed by atoms with Crippen molar-refractivity contribution in [2.75, 3.05) is 5.32 Å². The summed E-state index contributed by atoms with van der Waals surface area (Å²) >= 11 is 5.98. The highest BCUT2D eigenvalue weighted by Crippen LogP contribution is 2.22. The molecule has 0 aliphatic heterocycles. The third-order valence-corrected chi connectivity index (χ3v) is 3.86. The van der Waals surface area contributed by atoms with Crippen LogP contribution in [0.1, 0.15) is 26.3 Å². The molecular formula is C16H13ClN6O2. The molecule has 0 atom stereocenters. The van der Waals surface area contributed by atoms with Crippen molar-refractivity contribution in [1.29, 1.82) is 0 Å². The van der Waals surface area contributed by atoms with Crippen LogP contribution in [0.15, 0.2) is 42.7 Å². The highest BCUT2D eigenvalue weighted by molar-refractivity contribution is 6.34. The Morgan fingerprint density at radius 3 is 2.60 bits per heavy atom. The van der Waals surface area contributed by atoms with E-state index in [2.05, 4.69) is 20.8 Å². The molecule has 2 amide bonds. The van der Waals surface area contributed by atoms with Crippen molar-refractivity contribution in [2.45, 2.75) is 6.92 Å². The minimum atomic E-state index is -0.628. The Bertz CT molecular complexity index is 955. The second-order valence-electron chi connectivity index (χ2n) is 5.27. The summed E-state index contributed by atoms with van der Waals surface area (Å²) in [6, 6.07) is 9.65. The fourth-order valence-electron chi connectivity index (χ4n) is 2.32. The smallest absolute Gasteiger partial charge is 0.255 e. The molecule has 0 aliphatic carbocycles. The maximum Gasteiger partial charge on any atom is 0.255 e. The quantitative estimate of drug-likeness (QED) is 0.741. The lowest BCUT2D eigenvalue weighted by Crippen LogP contribution is -2.14. The number of amides is 2. The fourth-order valence-corrected chi connectivity index (χ4v) is 2.60.